The molecule has 0 saturated carbocycles. The van der Waals surface area contributed by atoms with Crippen molar-refractivity contribution in [3.8, 4) is 0 Å². The molecule has 2 aromatic rings. The molecule has 2 rings (SSSR count). The third-order valence-electron chi connectivity index (χ3n) is 3.36. The largest absolute Gasteiger partial charge is 0.378 e. The van der Waals surface area contributed by atoms with Crippen LogP contribution in [0, 0.1) is 0 Å². The second kappa shape index (κ2) is 7.41. The highest BCUT2D eigenvalue weighted by Crippen LogP contribution is 2.12. The van der Waals surface area contributed by atoms with Crippen molar-refractivity contribution >= 4 is 17.3 Å². The van der Waals surface area contributed by atoms with E-state index < -0.39 is 0 Å². The molecule has 4 nitrogen and oxygen atoms in total. The molecule has 0 heterocycles. The van der Waals surface area contributed by atoms with Gasteiger partial charge in [0.25, 0.3) is 0 Å². The van der Waals surface area contributed by atoms with Crippen LogP contribution < -0.4 is 10.3 Å². The smallest absolute Gasteiger partial charge is 0.244 e. The topological polar surface area (TPSA) is 44.7 Å². The summed E-state index contributed by atoms with van der Waals surface area (Å²) in [6.45, 7) is 1.88. The van der Waals surface area contributed by atoms with Crippen LogP contribution in [-0.2, 0) is 11.2 Å². The molecule has 0 aromatic heterocycles. The van der Waals surface area contributed by atoms with Gasteiger partial charge in [-0.15, -0.1) is 0 Å². The standard InChI is InChI=1S/C18H21N3O/c1-14(16-9-11-17(12-10-16)21(2)3)19-20-18(22)13-15-7-5-4-6-8-15/h4-12H,13H2,1-3H3,(H,20,22). The zero-order valence-corrected chi connectivity index (χ0v) is 13.2. The molecule has 0 aliphatic rings. The van der Waals surface area contributed by atoms with Crippen molar-refractivity contribution in [2.75, 3.05) is 19.0 Å². The van der Waals surface area contributed by atoms with Crippen molar-refractivity contribution < 1.29 is 4.79 Å². The van der Waals surface area contributed by atoms with Gasteiger partial charge in [0, 0.05) is 19.8 Å². The fourth-order valence-corrected chi connectivity index (χ4v) is 2.03. The van der Waals surface area contributed by atoms with Crippen molar-refractivity contribution in [1.82, 2.24) is 5.43 Å². The molecule has 0 aliphatic heterocycles. The maximum atomic E-state index is 11.9. The van der Waals surface area contributed by atoms with Crippen LogP contribution in [0.1, 0.15) is 18.1 Å². The van der Waals surface area contributed by atoms with E-state index >= 15 is 0 Å². The quantitative estimate of drug-likeness (QED) is 0.681. The zero-order valence-electron chi connectivity index (χ0n) is 13.2. The monoisotopic (exact) mass is 295 g/mol. The second-order valence-corrected chi connectivity index (χ2v) is 5.34. The van der Waals surface area contributed by atoms with Crippen molar-refractivity contribution in [3.05, 3.63) is 65.7 Å². The van der Waals surface area contributed by atoms with Gasteiger partial charge < -0.3 is 4.90 Å². The number of carbonyl (C=O) groups excluding carboxylic acids is 1. The van der Waals surface area contributed by atoms with E-state index in [-0.39, 0.29) is 5.91 Å². The number of nitrogens with zero attached hydrogens (tertiary/aromatic N) is 2. The Balaban J connectivity index is 1.95. The second-order valence-electron chi connectivity index (χ2n) is 5.34. The van der Waals surface area contributed by atoms with Gasteiger partial charge in [-0.3, -0.25) is 4.79 Å². The van der Waals surface area contributed by atoms with Gasteiger partial charge in [0.2, 0.25) is 5.91 Å². The van der Waals surface area contributed by atoms with Gasteiger partial charge in [0.05, 0.1) is 12.1 Å². The molecule has 114 valence electrons. The Bertz CT molecular complexity index is 646. The molecule has 0 aliphatic carbocycles. The van der Waals surface area contributed by atoms with Crippen molar-refractivity contribution in [3.63, 3.8) is 0 Å². The summed E-state index contributed by atoms with van der Waals surface area (Å²) in [5, 5.41) is 4.17. The Hall–Kier alpha value is -2.62. The van der Waals surface area contributed by atoms with Crippen molar-refractivity contribution in [2.24, 2.45) is 5.10 Å². The molecule has 0 unspecified atom stereocenters. The Morgan fingerprint density at radius 1 is 1.05 bits per heavy atom. The summed E-state index contributed by atoms with van der Waals surface area (Å²) in [6, 6.07) is 17.7. The number of anilines is 1. The van der Waals surface area contributed by atoms with E-state index in [0.717, 1.165) is 22.5 Å². The molecule has 22 heavy (non-hydrogen) atoms. The molecule has 0 spiro atoms. The SMILES string of the molecule is CC(=NNC(=O)Cc1ccccc1)c1ccc(N(C)C)cc1. The summed E-state index contributed by atoms with van der Waals surface area (Å²) in [7, 11) is 4.00. The summed E-state index contributed by atoms with van der Waals surface area (Å²) in [4.78, 5) is 13.9. The molecule has 4 heteroatoms. The number of nitrogens with one attached hydrogen (secondary N) is 1. The lowest BCUT2D eigenvalue weighted by Gasteiger charge is -2.12. The zero-order chi connectivity index (χ0) is 15.9. The molecule has 0 atom stereocenters. The third-order valence-corrected chi connectivity index (χ3v) is 3.36. The molecule has 0 fully saturated rings. The minimum absolute atomic E-state index is 0.115. The number of hydrazone groups is 1. The summed E-state index contributed by atoms with van der Waals surface area (Å²) >= 11 is 0. The first-order chi connectivity index (χ1) is 10.6. The van der Waals surface area contributed by atoms with Gasteiger partial charge in [-0.2, -0.15) is 5.10 Å². The van der Waals surface area contributed by atoms with Crippen LogP contribution in [0.3, 0.4) is 0 Å². The van der Waals surface area contributed by atoms with Gasteiger partial charge in [-0.05, 0) is 30.2 Å². The number of rotatable bonds is 5. The fraction of sp³-hybridized carbons (Fsp3) is 0.222. The number of hydrogen-bond donors (Lipinski definition) is 1. The average Bonchev–Trinajstić information content (AvgIpc) is 2.53. The molecular weight excluding hydrogens is 274 g/mol. The summed E-state index contributed by atoms with van der Waals surface area (Å²) in [5.74, 6) is -0.115. The van der Waals surface area contributed by atoms with Gasteiger partial charge in [0.1, 0.15) is 0 Å². The summed E-state index contributed by atoms with van der Waals surface area (Å²) in [6.07, 6.45) is 0.331. The summed E-state index contributed by atoms with van der Waals surface area (Å²) in [5.41, 5.74) is 6.49. The molecule has 2 aromatic carbocycles. The predicted octanol–water partition coefficient (Wildman–Crippen LogP) is 2.84. The predicted molar refractivity (Wildman–Crippen MR) is 91.3 cm³/mol. The molecule has 0 radical (unpaired) electrons. The minimum Gasteiger partial charge on any atom is -0.378 e. The summed E-state index contributed by atoms with van der Waals surface area (Å²) < 4.78 is 0. The number of hydrogen-bond acceptors (Lipinski definition) is 3. The van der Waals surface area contributed by atoms with Crippen LogP contribution in [0.2, 0.25) is 0 Å². The van der Waals surface area contributed by atoms with Gasteiger partial charge >= 0.3 is 0 Å². The van der Waals surface area contributed by atoms with E-state index in [9.17, 15) is 4.79 Å². The first kappa shape index (κ1) is 15.8. The minimum atomic E-state index is -0.115. The number of carbonyl (C=O) groups is 1. The lowest BCUT2D eigenvalue weighted by atomic mass is 10.1. The van der Waals surface area contributed by atoms with Crippen LogP contribution >= 0.6 is 0 Å². The Morgan fingerprint density at radius 2 is 1.68 bits per heavy atom. The Kier molecular flexibility index (Phi) is 5.31. The molecule has 0 bridgehead atoms. The molecule has 0 saturated heterocycles. The van der Waals surface area contributed by atoms with Crippen LogP contribution in [0.15, 0.2) is 59.7 Å². The molecule has 1 amide bonds. The van der Waals surface area contributed by atoms with Crippen LogP contribution in [0.5, 0.6) is 0 Å². The van der Waals surface area contributed by atoms with E-state index in [4.69, 9.17) is 0 Å². The Morgan fingerprint density at radius 3 is 2.27 bits per heavy atom. The molecule has 1 N–H and O–H groups in total. The lowest BCUT2D eigenvalue weighted by Crippen LogP contribution is -2.21. The van der Waals surface area contributed by atoms with Crippen LogP contribution in [0.4, 0.5) is 5.69 Å². The van der Waals surface area contributed by atoms with Gasteiger partial charge in [-0.1, -0.05) is 42.5 Å². The first-order valence-corrected chi connectivity index (χ1v) is 7.21. The van der Waals surface area contributed by atoms with Gasteiger partial charge in [-0.25, -0.2) is 5.43 Å². The maximum absolute atomic E-state index is 11.9. The normalized spacial score (nSPS) is 11.1. The van der Waals surface area contributed by atoms with E-state index in [1.807, 2.05) is 80.5 Å². The highest BCUT2D eigenvalue weighted by atomic mass is 16.2. The van der Waals surface area contributed by atoms with E-state index in [1.54, 1.807) is 0 Å². The van der Waals surface area contributed by atoms with Crippen molar-refractivity contribution in [2.45, 2.75) is 13.3 Å². The fourth-order valence-electron chi connectivity index (χ4n) is 2.03. The van der Waals surface area contributed by atoms with E-state index in [0.29, 0.717) is 6.42 Å². The Labute approximate surface area is 131 Å². The van der Waals surface area contributed by atoms with Crippen LogP contribution in [0.25, 0.3) is 0 Å². The number of amides is 1. The highest BCUT2D eigenvalue weighted by molar-refractivity contribution is 5.99. The first-order valence-electron chi connectivity index (χ1n) is 7.21. The van der Waals surface area contributed by atoms with Crippen molar-refractivity contribution in [1.29, 1.82) is 0 Å². The van der Waals surface area contributed by atoms with E-state index in [1.165, 1.54) is 0 Å². The third kappa shape index (κ3) is 4.45. The number of benzene rings is 2. The maximum Gasteiger partial charge on any atom is 0.244 e. The molecular formula is C18H21N3O. The van der Waals surface area contributed by atoms with E-state index in [2.05, 4.69) is 10.5 Å². The average molecular weight is 295 g/mol. The van der Waals surface area contributed by atoms with Crippen LogP contribution in [-0.4, -0.2) is 25.7 Å². The highest BCUT2D eigenvalue weighted by Gasteiger charge is 2.03. The van der Waals surface area contributed by atoms with Gasteiger partial charge in [0.15, 0.2) is 0 Å². The lowest BCUT2D eigenvalue weighted by molar-refractivity contribution is -0.120.